The van der Waals surface area contributed by atoms with E-state index in [0.29, 0.717) is 6.04 Å². The second kappa shape index (κ2) is 3.36. The Morgan fingerprint density at radius 2 is 2.18 bits per heavy atom. The number of carbonyl (C=O) groups excluding carboxylic acids is 1. The maximum atomic E-state index is 12.2. The molecular formula is C14H16N2O. The van der Waals surface area contributed by atoms with Gasteiger partial charge in [0.2, 0.25) is 0 Å². The minimum Gasteiger partial charge on any atom is -0.361 e. The molecule has 0 saturated heterocycles. The van der Waals surface area contributed by atoms with Crippen LogP contribution in [0.1, 0.15) is 30.6 Å². The summed E-state index contributed by atoms with van der Waals surface area (Å²) in [7, 11) is 0. The number of nitrogens with one attached hydrogen (secondary N) is 2. The van der Waals surface area contributed by atoms with Gasteiger partial charge in [-0.25, -0.2) is 0 Å². The molecule has 1 aliphatic rings. The number of benzene rings is 1. The molecule has 0 aliphatic heterocycles. The van der Waals surface area contributed by atoms with Gasteiger partial charge in [-0.3, -0.25) is 4.79 Å². The minimum absolute atomic E-state index is 0.0219. The summed E-state index contributed by atoms with van der Waals surface area (Å²) < 4.78 is 0. The van der Waals surface area contributed by atoms with Gasteiger partial charge in [-0.1, -0.05) is 26.0 Å². The highest BCUT2D eigenvalue weighted by Gasteiger charge is 2.46. The summed E-state index contributed by atoms with van der Waals surface area (Å²) in [5.41, 5.74) is 1.91. The third kappa shape index (κ3) is 1.71. The van der Waals surface area contributed by atoms with Gasteiger partial charge in [0.15, 0.2) is 0 Å². The fraction of sp³-hybridized carbons (Fsp3) is 0.357. The Hall–Kier alpha value is -1.77. The van der Waals surface area contributed by atoms with E-state index < -0.39 is 0 Å². The van der Waals surface area contributed by atoms with Crippen LogP contribution in [0.5, 0.6) is 0 Å². The highest BCUT2D eigenvalue weighted by molar-refractivity contribution is 6.05. The number of para-hydroxylation sites is 1. The second-order valence-corrected chi connectivity index (χ2v) is 5.47. The molecule has 0 spiro atoms. The summed E-state index contributed by atoms with van der Waals surface area (Å²) in [5, 5.41) is 4.16. The van der Waals surface area contributed by atoms with E-state index >= 15 is 0 Å². The van der Waals surface area contributed by atoms with Crippen molar-refractivity contribution in [2.75, 3.05) is 0 Å². The summed E-state index contributed by atoms with van der Waals surface area (Å²) in [6.45, 7) is 4.35. The molecule has 1 atom stereocenters. The van der Waals surface area contributed by atoms with Crippen LogP contribution in [0.25, 0.3) is 10.9 Å². The number of fused-ring (bicyclic) bond motifs is 1. The summed E-state index contributed by atoms with van der Waals surface area (Å²) >= 11 is 0. The molecule has 88 valence electrons. The zero-order valence-electron chi connectivity index (χ0n) is 10.1. The van der Waals surface area contributed by atoms with Gasteiger partial charge in [0, 0.05) is 17.6 Å². The molecule has 3 heteroatoms. The Bertz CT molecular complexity index is 583. The van der Waals surface area contributed by atoms with Crippen LogP contribution in [0.4, 0.5) is 0 Å². The lowest BCUT2D eigenvalue weighted by molar-refractivity contribution is 0.0948. The first kappa shape index (κ1) is 10.4. The van der Waals surface area contributed by atoms with Crippen LogP contribution >= 0.6 is 0 Å². The quantitative estimate of drug-likeness (QED) is 0.815. The molecule has 3 rings (SSSR count). The summed E-state index contributed by atoms with van der Waals surface area (Å²) in [5.74, 6) is 0.0219. The number of H-pyrrole nitrogens is 1. The topological polar surface area (TPSA) is 44.9 Å². The summed E-state index contributed by atoms with van der Waals surface area (Å²) in [4.78, 5) is 15.3. The predicted octanol–water partition coefficient (Wildman–Crippen LogP) is 2.70. The van der Waals surface area contributed by atoms with Gasteiger partial charge in [0.1, 0.15) is 0 Å². The Kier molecular flexibility index (Phi) is 2.05. The summed E-state index contributed by atoms with van der Waals surface area (Å²) in [6.07, 6.45) is 2.93. The fourth-order valence-electron chi connectivity index (χ4n) is 2.22. The molecule has 1 unspecified atom stereocenters. The maximum absolute atomic E-state index is 12.2. The van der Waals surface area contributed by atoms with Gasteiger partial charge < -0.3 is 10.3 Å². The van der Waals surface area contributed by atoms with Crippen LogP contribution in [0, 0.1) is 5.41 Å². The van der Waals surface area contributed by atoms with E-state index in [1.54, 1.807) is 0 Å². The molecule has 1 saturated carbocycles. The monoisotopic (exact) mass is 228 g/mol. The van der Waals surface area contributed by atoms with Gasteiger partial charge >= 0.3 is 0 Å². The average molecular weight is 228 g/mol. The molecule has 1 amide bonds. The minimum atomic E-state index is 0.0219. The fourth-order valence-corrected chi connectivity index (χ4v) is 2.22. The van der Waals surface area contributed by atoms with Crippen LogP contribution in [-0.2, 0) is 0 Å². The Balaban J connectivity index is 1.88. The van der Waals surface area contributed by atoms with Crippen LogP contribution in [0.2, 0.25) is 0 Å². The number of amides is 1. The number of hydrogen-bond acceptors (Lipinski definition) is 1. The number of aromatic amines is 1. The van der Waals surface area contributed by atoms with Crippen molar-refractivity contribution in [3.05, 3.63) is 36.0 Å². The SMILES string of the molecule is CC1(C)CC1NC(=O)c1cccc2cc[nH]c12. The number of hydrogen-bond donors (Lipinski definition) is 2. The first-order chi connectivity index (χ1) is 8.08. The van der Waals surface area contributed by atoms with E-state index in [2.05, 4.69) is 24.1 Å². The van der Waals surface area contributed by atoms with E-state index in [1.807, 2.05) is 30.5 Å². The van der Waals surface area contributed by atoms with Crippen molar-refractivity contribution in [1.82, 2.24) is 10.3 Å². The predicted molar refractivity (Wildman–Crippen MR) is 68.0 cm³/mol. The first-order valence-corrected chi connectivity index (χ1v) is 5.95. The third-order valence-electron chi connectivity index (χ3n) is 3.65. The summed E-state index contributed by atoms with van der Waals surface area (Å²) in [6, 6.07) is 8.09. The van der Waals surface area contributed by atoms with Gasteiger partial charge in [0.05, 0.1) is 11.1 Å². The van der Waals surface area contributed by atoms with Crippen molar-refractivity contribution < 1.29 is 4.79 Å². The number of aromatic nitrogens is 1. The van der Waals surface area contributed by atoms with Crippen molar-refractivity contribution in [3.63, 3.8) is 0 Å². The lowest BCUT2D eigenvalue weighted by Gasteiger charge is -2.07. The highest BCUT2D eigenvalue weighted by Crippen LogP contribution is 2.44. The van der Waals surface area contributed by atoms with Crippen LogP contribution in [-0.4, -0.2) is 16.9 Å². The van der Waals surface area contributed by atoms with Crippen molar-refractivity contribution in [1.29, 1.82) is 0 Å². The molecular weight excluding hydrogens is 212 g/mol. The smallest absolute Gasteiger partial charge is 0.253 e. The molecule has 1 aromatic heterocycles. The zero-order valence-corrected chi connectivity index (χ0v) is 10.1. The van der Waals surface area contributed by atoms with E-state index in [9.17, 15) is 4.79 Å². The zero-order chi connectivity index (χ0) is 12.0. The van der Waals surface area contributed by atoms with E-state index in [0.717, 1.165) is 22.9 Å². The maximum Gasteiger partial charge on any atom is 0.253 e. The molecule has 2 N–H and O–H groups in total. The van der Waals surface area contributed by atoms with E-state index in [-0.39, 0.29) is 11.3 Å². The Morgan fingerprint density at radius 3 is 2.88 bits per heavy atom. The molecule has 17 heavy (non-hydrogen) atoms. The van der Waals surface area contributed by atoms with Crippen LogP contribution in [0.3, 0.4) is 0 Å². The lowest BCUT2D eigenvalue weighted by Crippen LogP contribution is -2.28. The largest absolute Gasteiger partial charge is 0.361 e. The molecule has 1 aromatic carbocycles. The van der Waals surface area contributed by atoms with Crippen molar-refractivity contribution in [2.45, 2.75) is 26.3 Å². The van der Waals surface area contributed by atoms with E-state index in [4.69, 9.17) is 0 Å². The standard InChI is InChI=1S/C14H16N2O/c1-14(2)8-11(14)16-13(17)10-5-3-4-9-6-7-15-12(9)10/h3-7,11,15H,8H2,1-2H3,(H,16,17). The second-order valence-electron chi connectivity index (χ2n) is 5.47. The van der Waals surface area contributed by atoms with Crippen LogP contribution in [0.15, 0.2) is 30.5 Å². The molecule has 0 radical (unpaired) electrons. The van der Waals surface area contributed by atoms with Gasteiger partial charge in [-0.15, -0.1) is 0 Å². The number of rotatable bonds is 2. The molecule has 3 nitrogen and oxygen atoms in total. The van der Waals surface area contributed by atoms with Crippen molar-refractivity contribution in [3.8, 4) is 0 Å². The first-order valence-electron chi connectivity index (χ1n) is 5.95. The van der Waals surface area contributed by atoms with E-state index in [1.165, 1.54) is 0 Å². The molecule has 1 fully saturated rings. The normalized spacial score (nSPS) is 21.4. The Labute approximate surface area is 100 Å². The van der Waals surface area contributed by atoms with Gasteiger partial charge in [-0.05, 0) is 24.0 Å². The van der Waals surface area contributed by atoms with Gasteiger partial charge in [-0.2, -0.15) is 0 Å². The number of carbonyl (C=O) groups is 1. The Morgan fingerprint density at radius 1 is 1.41 bits per heavy atom. The molecule has 1 heterocycles. The van der Waals surface area contributed by atoms with Gasteiger partial charge in [0.25, 0.3) is 5.91 Å². The van der Waals surface area contributed by atoms with Crippen molar-refractivity contribution >= 4 is 16.8 Å². The molecule has 2 aromatic rings. The van der Waals surface area contributed by atoms with Crippen LogP contribution < -0.4 is 5.32 Å². The highest BCUT2D eigenvalue weighted by atomic mass is 16.1. The molecule has 0 bridgehead atoms. The average Bonchev–Trinajstić information content (AvgIpc) is 2.73. The lowest BCUT2D eigenvalue weighted by atomic mass is 10.1. The molecule has 1 aliphatic carbocycles. The van der Waals surface area contributed by atoms with Crippen molar-refractivity contribution in [2.24, 2.45) is 5.41 Å². The third-order valence-corrected chi connectivity index (χ3v) is 3.65.